The van der Waals surface area contributed by atoms with Crippen LogP contribution in [0.25, 0.3) is 0 Å². The number of urea groups is 1. The first-order chi connectivity index (χ1) is 9.49. The largest absolute Gasteiger partial charge is 0.480 e. The fourth-order valence-electron chi connectivity index (χ4n) is 1.47. The molecule has 110 valence electrons. The molecule has 0 bridgehead atoms. The van der Waals surface area contributed by atoms with Crippen LogP contribution >= 0.6 is 0 Å². The summed E-state index contributed by atoms with van der Waals surface area (Å²) in [6.07, 6.45) is 4.81. The Morgan fingerprint density at radius 1 is 1.40 bits per heavy atom. The van der Waals surface area contributed by atoms with Gasteiger partial charge in [0.15, 0.2) is 0 Å². The minimum Gasteiger partial charge on any atom is -0.480 e. The quantitative estimate of drug-likeness (QED) is 0.479. The van der Waals surface area contributed by atoms with Crippen LogP contribution in [0.15, 0.2) is 18.7 Å². The summed E-state index contributed by atoms with van der Waals surface area (Å²) in [5, 5.41) is 13.7. The molecule has 1 aromatic rings. The molecular weight excluding hydrogens is 266 g/mol. The van der Waals surface area contributed by atoms with Gasteiger partial charge in [-0.2, -0.15) is 0 Å². The number of nitrogens with two attached hydrogens (primary N) is 1. The molecule has 0 saturated carbocycles. The minimum absolute atomic E-state index is 0.0421. The summed E-state index contributed by atoms with van der Waals surface area (Å²) in [6.45, 7) is 0.844. The Kier molecular flexibility index (Phi) is 6.01. The first-order valence-electron chi connectivity index (χ1n) is 6.00. The lowest BCUT2D eigenvalue weighted by Crippen LogP contribution is -2.46. The van der Waals surface area contributed by atoms with Gasteiger partial charge in [0.05, 0.1) is 6.33 Å². The number of imidazole rings is 1. The van der Waals surface area contributed by atoms with Gasteiger partial charge in [0.2, 0.25) is 5.91 Å². The average molecular weight is 283 g/mol. The summed E-state index contributed by atoms with van der Waals surface area (Å²) in [4.78, 5) is 36.9. The Morgan fingerprint density at radius 3 is 2.70 bits per heavy atom. The molecule has 1 atom stereocenters. The summed E-state index contributed by atoms with van der Waals surface area (Å²) in [6, 6.07) is -1.75. The van der Waals surface area contributed by atoms with Gasteiger partial charge in [0.25, 0.3) is 0 Å². The van der Waals surface area contributed by atoms with Crippen molar-refractivity contribution in [2.24, 2.45) is 5.73 Å². The van der Waals surface area contributed by atoms with E-state index in [-0.39, 0.29) is 12.8 Å². The fourth-order valence-corrected chi connectivity index (χ4v) is 1.47. The summed E-state index contributed by atoms with van der Waals surface area (Å²) in [5.41, 5.74) is 4.94. The van der Waals surface area contributed by atoms with Crippen LogP contribution in [0, 0.1) is 0 Å². The summed E-state index contributed by atoms with van der Waals surface area (Å²) in [7, 11) is 0. The Balaban J connectivity index is 2.30. The summed E-state index contributed by atoms with van der Waals surface area (Å²) < 4.78 is 1.77. The van der Waals surface area contributed by atoms with Gasteiger partial charge in [-0.3, -0.25) is 4.79 Å². The van der Waals surface area contributed by atoms with E-state index in [1.807, 2.05) is 0 Å². The fraction of sp³-hybridized carbons (Fsp3) is 0.455. The highest BCUT2D eigenvalue weighted by Crippen LogP contribution is 1.97. The molecule has 0 saturated heterocycles. The maximum atomic E-state index is 11.5. The lowest BCUT2D eigenvalue weighted by molar-refractivity contribution is -0.139. The van der Waals surface area contributed by atoms with E-state index in [4.69, 9.17) is 10.8 Å². The van der Waals surface area contributed by atoms with Crippen molar-refractivity contribution < 1.29 is 19.5 Å². The number of hydrogen-bond acceptors (Lipinski definition) is 4. The van der Waals surface area contributed by atoms with Crippen molar-refractivity contribution in [1.82, 2.24) is 20.2 Å². The number of amides is 3. The van der Waals surface area contributed by atoms with Crippen LogP contribution in [-0.2, 0) is 16.1 Å². The highest BCUT2D eigenvalue weighted by molar-refractivity contribution is 5.83. The van der Waals surface area contributed by atoms with Crippen molar-refractivity contribution in [1.29, 1.82) is 0 Å². The number of nitrogens with one attached hydrogen (secondary N) is 2. The molecular formula is C11H17N5O4. The van der Waals surface area contributed by atoms with E-state index in [2.05, 4.69) is 15.6 Å². The molecule has 20 heavy (non-hydrogen) atoms. The second-order valence-electron chi connectivity index (χ2n) is 4.10. The molecule has 0 aliphatic heterocycles. The molecule has 0 unspecified atom stereocenters. The van der Waals surface area contributed by atoms with Crippen LogP contribution in [0.5, 0.6) is 0 Å². The van der Waals surface area contributed by atoms with Crippen LogP contribution in [-0.4, -0.2) is 45.2 Å². The van der Waals surface area contributed by atoms with Crippen LogP contribution in [0.4, 0.5) is 4.79 Å². The van der Waals surface area contributed by atoms with Crippen LogP contribution < -0.4 is 16.4 Å². The molecule has 3 amide bonds. The lowest BCUT2D eigenvalue weighted by atomic mass is 10.1. The third-order valence-corrected chi connectivity index (χ3v) is 2.50. The van der Waals surface area contributed by atoms with Crippen LogP contribution in [0.1, 0.15) is 12.8 Å². The predicted molar refractivity (Wildman–Crippen MR) is 68.6 cm³/mol. The number of carbonyl (C=O) groups excluding carboxylic acids is 2. The molecule has 0 aromatic carbocycles. The van der Waals surface area contributed by atoms with Crippen molar-refractivity contribution in [2.75, 3.05) is 6.54 Å². The zero-order valence-electron chi connectivity index (χ0n) is 10.8. The molecule has 0 radical (unpaired) electrons. The molecule has 9 nitrogen and oxygen atoms in total. The highest BCUT2D eigenvalue weighted by atomic mass is 16.4. The third kappa shape index (κ3) is 5.85. The van der Waals surface area contributed by atoms with Gasteiger partial charge in [0, 0.05) is 31.9 Å². The molecule has 9 heteroatoms. The van der Waals surface area contributed by atoms with E-state index >= 15 is 0 Å². The normalized spacial score (nSPS) is 11.6. The van der Waals surface area contributed by atoms with Gasteiger partial charge in [-0.25, -0.2) is 14.6 Å². The molecule has 1 rings (SSSR count). The number of rotatable bonds is 8. The number of aliphatic carboxylic acids is 1. The summed E-state index contributed by atoms with van der Waals surface area (Å²) >= 11 is 0. The average Bonchev–Trinajstić information content (AvgIpc) is 2.87. The number of carbonyl (C=O) groups is 3. The standard InChI is InChI=1S/C11H17N5O4/c12-9(17)2-1-8(10(18)19)15-11(20)14-4-6-16-5-3-13-7-16/h3,5,7-8H,1-2,4,6H2,(H2,12,17)(H,18,19)(H2,14,15,20)/t8-/m1/s1. The first-order valence-corrected chi connectivity index (χ1v) is 6.00. The number of aromatic nitrogens is 2. The Bertz CT molecular complexity index is 459. The van der Waals surface area contributed by atoms with Gasteiger partial charge < -0.3 is 26.0 Å². The van der Waals surface area contributed by atoms with Gasteiger partial charge in [-0.05, 0) is 6.42 Å². The second-order valence-corrected chi connectivity index (χ2v) is 4.10. The molecule has 1 heterocycles. The minimum atomic E-state index is -1.21. The Labute approximate surface area is 115 Å². The van der Waals surface area contributed by atoms with E-state index in [9.17, 15) is 14.4 Å². The van der Waals surface area contributed by atoms with Crippen LogP contribution in [0.2, 0.25) is 0 Å². The Hall–Kier alpha value is -2.58. The smallest absolute Gasteiger partial charge is 0.326 e. The number of carboxylic acids is 1. The number of hydrogen-bond donors (Lipinski definition) is 4. The molecule has 0 aliphatic carbocycles. The second kappa shape index (κ2) is 7.77. The van der Waals surface area contributed by atoms with Gasteiger partial charge in [-0.15, -0.1) is 0 Å². The molecule has 5 N–H and O–H groups in total. The van der Waals surface area contributed by atoms with Gasteiger partial charge in [-0.1, -0.05) is 0 Å². The van der Waals surface area contributed by atoms with Crippen molar-refractivity contribution in [3.63, 3.8) is 0 Å². The topological polar surface area (TPSA) is 139 Å². The first kappa shape index (κ1) is 15.5. The van der Waals surface area contributed by atoms with E-state index in [1.54, 1.807) is 23.3 Å². The zero-order valence-corrected chi connectivity index (χ0v) is 10.8. The van der Waals surface area contributed by atoms with Crippen LogP contribution in [0.3, 0.4) is 0 Å². The van der Waals surface area contributed by atoms with Crippen molar-refractivity contribution in [2.45, 2.75) is 25.4 Å². The van der Waals surface area contributed by atoms with E-state index in [1.165, 1.54) is 0 Å². The highest BCUT2D eigenvalue weighted by Gasteiger charge is 2.20. The molecule has 0 spiro atoms. The van der Waals surface area contributed by atoms with Gasteiger partial charge in [0.1, 0.15) is 6.04 Å². The lowest BCUT2D eigenvalue weighted by Gasteiger charge is -2.14. The monoisotopic (exact) mass is 283 g/mol. The molecule has 0 aliphatic rings. The van der Waals surface area contributed by atoms with E-state index in [0.717, 1.165) is 0 Å². The number of carboxylic acid groups (broad SMARTS) is 1. The van der Waals surface area contributed by atoms with Crippen molar-refractivity contribution >= 4 is 17.9 Å². The molecule has 0 fully saturated rings. The van der Waals surface area contributed by atoms with E-state index in [0.29, 0.717) is 13.1 Å². The Morgan fingerprint density at radius 2 is 2.15 bits per heavy atom. The predicted octanol–water partition coefficient (Wildman–Crippen LogP) is -1.10. The van der Waals surface area contributed by atoms with E-state index < -0.39 is 23.9 Å². The number of nitrogens with zero attached hydrogens (tertiary/aromatic N) is 2. The van der Waals surface area contributed by atoms with Crippen molar-refractivity contribution in [3.05, 3.63) is 18.7 Å². The van der Waals surface area contributed by atoms with Gasteiger partial charge >= 0.3 is 12.0 Å². The third-order valence-electron chi connectivity index (χ3n) is 2.50. The zero-order chi connectivity index (χ0) is 15.0. The van der Waals surface area contributed by atoms with Crippen molar-refractivity contribution in [3.8, 4) is 0 Å². The summed E-state index contributed by atoms with van der Waals surface area (Å²) in [5.74, 6) is -1.82. The maximum absolute atomic E-state index is 11.5. The molecule has 1 aromatic heterocycles. The number of primary amides is 1. The maximum Gasteiger partial charge on any atom is 0.326 e. The SMILES string of the molecule is NC(=O)CC[C@@H](NC(=O)NCCn1ccnc1)C(=O)O.